The van der Waals surface area contributed by atoms with E-state index in [0.29, 0.717) is 0 Å². The van der Waals surface area contributed by atoms with E-state index in [1.807, 2.05) is 24.5 Å². The third kappa shape index (κ3) is 11.1. The molecule has 4 nitrogen and oxygen atoms in total. The van der Waals surface area contributed by atoms with Gasteiger partial charge in [0, 0.05) is 57.3 Å². The molecule has 476 valence electrons. The fourth-order valence-electron chi connectivity index (χ4n) is 15.7. The molecule has 0 aliphatic heterocycles. The average Bonchev–Trinajstić information content (AvgIpc) is 1.59. The normalized spacial score (nSPS) is 11.7. The number of pyridine rings is 3. The number of para-hydroxylation sites is 1. The number of fused-ring (bicyclic) bond motifs is 6. The molecule has 101 heavy (non-hydrogen) atoms. The number of rotatable bonds is 13. The molecular weight excluding hydrogens is 1220 g/mol. The van der Waals surface area contributed by atoms with Crippen LogP contribution in [0.1, 0.15) is 27.8 Å². The molecule has 1 aliphatic carbocycles. The number of hydrogen-bond donors (Lipinski definition) is 0. The van der Waals surface area contributed by atoms with Crippen molar-refractivity contribution in [3.63, 3.8) is 0 Å². The van der Waals surface area contributed by atoms with E-state index in [9.17, 15) is 0 Å². The van der Waals surface area contributed by atoms with Crippen molar-refractivity contribution in [3.8, 4) is 151 Å². The highest BCUT2D eigenvalue weighted by molar-refractivity contribution is 6.12. The van der Waals surface area contributed by atoms with E-state index in [1.165, 1.54) is 77.4 Å². The summed E-state index contributed by atoms with van der Waals surface area (Å²) in [6.07, 6.45) is 6.71. The Morgan fingerprint density at radius 2 is 0.703 bits per heavy atom. The fraction of sp³-hybridized carbons (Fsp3) is 0.0412. The highest BCUT2D eigenvalue weighted by Gasteiger charge is 2.25. The van der Waals surface area contributed by atoms with Crippen LogP contribution in [0.5, 0.6) is 0 Å². The smallest absolute Gasteiger partial charge is 0.0705 e. The van der Waals surface area contributed by atoms with E-state index >= 15 is 0 Å². The first-order valence-electron chi connectivity index (χ1n) is 34.8. The summed E-state index contributed by atoms with van der Waals surface area (Å²) in [7, 11) is 0. The molecule has 1 aliphatic rings. The Bertz CT molecular complexity index is 5930. The second-order valence-corrected chi connectivity index (χ2v) is 26.8. The van der Waals surface area contributed by atoms with Gasteiger partial charge in [-0.3, -0.25) is 15.0 Å². The molecule has 0 spiro atoms. The van der Waals surface area contributed by atoms with Crippen molar-refractivity contribution in [2.75, 3.05) is 0 Å². The molecule has 18 rings (SSSR count). The van der Waals surface area contributed by atoms with Crippen LogP contribution in [0.15, 0.2) is 346 Å². The Morgan fingerprint density at radius 3 is 1.31 bits per heavy atom. The van der Waals surface area contributed by atoms with E-state index in [1.54, 1.807) is 0 Å². The second-order valence-electron chi connectivity index (χ2n) is 26.8. The average molecular weight is 1290 g/mol. The Labute approximate surface area is 589 Å². The lowest BCUT2D eigenvalue weighted by atomic mass is 9.84. The molecule has 0 unspecified atom stereocenters. The van der Waals surface area contributed by atoms with Gasteiger partial charge in [0.05, 0.1) is 28.1 Å². The van der Waals surface area contributed by atoms with Gasteiger partial charge in [-0.1, -0.05) is 224 Å². The van der Waals surface area contributed by atoms with Crippen LogP contribution in [-0.4, -0.2) is 19.5 Å². The Hall–Kier alpha value is -12.9. The van der Waals surface area contributed by atoms with E-state index in [0.717, 1.165) is 129 Å². The Balaban J connectivity index is 0.824. The van der Waals surface area contributed by atoms with Gasteiger partial charge in [0.15, 0.2) is 0 Å². The summed E-state index contributed by atoms with van der Waals surface area (Å²) >= 11 is 0. The van der Waals surface area contributed by atoms with Crippen molar-refractivity contribution in [2.24, 2.45) is 0 Å². The maximum Gasteiger partial charge on any atom is 0.0705 e. The van der Waals surface area contributed by atoms with E-state index in [4.69, 9.17) is 15.0 Å². The van der Waals surface area contributed by atoms with Gasteiger partial charge in [0.25, 0.3) is 0 Å². The Morgan fingerprint density at radius 1 is 0.228 bits per heavy atom. The lowest BCUT2D eigenvalue weighted by molar-refractivity contribution is 1.17. The molecule has 4 heterocycles. The summed E-state index contributed by atoms with van der Waals surface area (Å²) in [6.45, 7) is 6.66. The van der Waals surface area contributed by atoms with Crippen molar-refractivity contribution in [1.29, 1.82) is 0 Å². The minimum absolute atomic E-state index is 0.915. The van der Waals surface area contributed by atoms with Crippen LogP contribution in [-0.2, 0) is 6.42 Å². The molecule has 0 fully saturated rings. The lowest BCUT2D eigenvalue weighted by Gasteiger charge is -2.20. The molecule has 4 aromatic heterocycles. The molecule has 0 N–H and O–H groups in total. The monoisotopic (exact) mass is 1290 g/mol. The first kappa shape index (κ1) is 60.5. The fourth-order valence-corrected chi connectivity index (χ4v) is 15.7. The summed E-state index contributed by atoms with van der Waals surface area (Å²) in [5.74, 6) is 0. The molecule has 0 radical (unpaired) electrons. The maximum atomic E-state index is 5.33. The van der Waals surface area contributed by atoms with Crippen LogP contribution in [0.2, 0.25) is 0 Å². The highest BCUT2D eigenvalue weighted by Crippen LogP contribution is 2.48. The first-order valence-corrected chi connectivity index (χ1v) is 34.8. The molecule has 0 atom stereocenters. The van der Waals surface area contributed by atoms with Crippen LogP contribution in [0.25, 0.3) is 173 Å². The quantitative estimate of drug-likeness (QED) is 0.116. The van der Waals surface area contributed by atoms with Crippen LogP contribution in [0.3, 0.4) is 0 Å². The minimum Gasteiger partial charge on any atom is -0.309 e. The molecule has 17 aromatic rings. The molecular formula is C97H68N4. The zero-order valence-electron chi connectivity index (χ0n) is 56.4. The van der Waals surface area contributed by atoms with Crippen LogP contribution in [0.4, 0.5) is 0 Å². The Kier molecular flexibility index (Phi) is 15.3. The predicted molar refractivity (Wildman–Crippen MR) is 422 cm³/mol. The predicted octanol–water partition coefficient (Wildman–Crippen LogP) is 25.5. The molecule has 0 saturated heterocycles. The summed E-state index contributed by atoms with van der Waals surface area (Å²) < 4.78 is 2.49. The molecule has 0 saturated carbocycles. The van der Waals surface area contributed by atoms with Gasteiger partial charge in [-0.15, -0.1) is 0 Å². The number of nitrogens with zero attached hydrogens (tertiary/aromatic N) is 4. The van der Waals surface area contributed by atoms with Crippen molar-refractivity contribution in [3.05, 3.63) is 374 Å². The minimum atomic E-state index is 0.915. The summed E-state index contributed by atoms with van der Waals surface area (Å²) in [4.78, 5) is 14.8. The van der Waals surface area contributed by atoms with Gasteiger partial charge < -0.3 is 4.57 Å². The van der Waals surface area contributed by atoms with Crippen molar-refractivity contribution in [2.45, 2.75) is 27.2 Å². The van der Waals surface area contributed by atoms with Gasteiger partial charge in [-0.25, -0.2) is 0 Å². The third-order valence-electron chi connectivity index (χ3n) is 20.6. The summed E-state index contributed by atoms with van der Waals surface area (Å²) in [5.41, 5.74) is 39.0. The molecule has 4 heteroatoms. The van der Waals surface area contributed by atoms with Crippen molar-refractivity contribution < 1.29 is 0 Å². The molecule has 0 amide bonds. The number of aryl methyl sites for hydroxylation is 3. The zero-order valence-corrected chi connectivity index (χ0v) is 56.4. The highest BCUT2D eigenvalue weighted by atomic mass is 15.0. The number of aromatic nitrogens is 4. The van der Waals surface area contributed by atoms with Crippen LogP contribution in [0, 0.1) is 20.8 Å². The van der Waals surface area contributed by atoms with Crippen LogP contribution >= 0.6 is 0 Å². The van der Waals surface area contributed by atoms with Gasteiger partial charge in [0.1, 0.15) is 0 Å². The summed E-state index contributed by atoms with van der Waals surface area (Å²) in [5, 5.41) is 2.49. The molecule has 0 bridgehead atoms. The molecule has 13 aromatic carbocycles. The van der Waals surface area contributed by atoms with Gasteiger partial charge >= 0.3 is 0 Å². The van der Waals surface area contributed by atoms with Gasteiger partial charge in [-0.2, -0.15) is 0 Å². The van der Waals surface area contributed by atoms with Crippen LogP contribution < -0.4 is 0 Å². The van der Waals surface area contributed by atoms with E-state index < -0.39 is 0 Å². The number of benzene rings is 13. The van der Waals surface area contributed by atoms with Gasteiger partial charge in [0.2, 0.25) is 0 Å². The SMILES string of the molecule is Cc1cc(-c2ccc(-c3ccccc3-c3cc(-c4ccccc4-c4ccc(-c5ccccn5)cc4C)cc(-c4ccccc4-c4ccc(-c5ccccn5)cc4C)c3)c(-c3cccc(-n4c5ccccc5c5cc6c(cc54)Cc4ccccc4-6)c3)c2)ncc1-c1cccc(-c2ccccc2)c1. The standard InChI is InChI=1S/C97H68N4/c1-62-49-70(93-38-17-19-47-98-93)41-44-78(62)84-34-12-9-31-81(84)73-54-74(82-32-10-13-35-85(82)79-45-42-71(50-63(79)2)94-39-18-20-48-99-94)56-75(55-73)83-33-11-14-36-86(83)87-46-43-72(95-51-64(3)92(61-100-95)68-27-21-26-66(52-68)65-23-5-4-6-24-65)58-89(87)69-28-22-29-77(57-69)101-96-40-16-15-37-88(96)91-60-90-76(59-97(91)101)53-67-25-7-8-30-80(67)90/h4-52,54-61H,53H2,1-3H3. The number of hydrogen-bond acceptors (Lipinski definition) is 3. The van der Waals surface area contributed by atoms with Crippen molar-refractivity contribution in [1.82, 2.24) is 19.5 Å². The second kappa shape index (κ2) is 25.5. The van der Waals surface area contributed by atoms with Gasteiger partial charge in [-0.05, 0) is 264 Å². The lowest BCUT2D eigenvalue weighted by Crippen LogP contribution is -1.97. The van der Waals surface area contributed by atoms with E-state index in [-0.39, 0.29) is 0 Å². The van der Waals surface area contributed by atoms with Crippen molar-refractivity contribution >= 4 is 21.8 Å². The largest absolute Gasteiger partial charge is 0.309 e. The van der Waals surface area contributed by atoms with E-state index in [2.05, 4.69) is 347 Å². The zero-order chi connectivity index (χ0) is 67.5. The third-order valence-corrected chi connectivity index (χ3v) is 20.6. The first-order chi connectivity index (χ1) is 49.8. The topological polar surface area (TPSA) is 43.6 Å². The summed E-state index contributed by atoms with van der Waals surface area (Å²) in [6, 6.07) is 120. The maximum absolute atomic E-state index is 5.33.